The molecule has 0 saturated heterocycles. The number of carbonyl (C=O) groups is 1. The third-order valence-electron chi connectivity index (χ3n) is 3.53. The van der Waals surface area contributed by atoms with Gasteiger partial charge in [0.05, 0.1) is 0 Å². The van der Waals surface area contributed by atoms with E-state index in [0.29, 0.717) is 27.3 Å². The Kier molecular flexibility index (Phi) is 4.27. The normalized spacial score (nSPS) is 12.1. The van der Waals surface area contributed by atoms with E-state index < -0.39 is 17.7 Å². The molecule has 6 heteroatoms. The fraction of sp³-hybridized carbons (Fsp3) is 0.111. The van der Waals surface area contributed by atoms with Gasteiger partial charge in [0, 0.05) is 22.5 Å². The monoisotopic (exact) mass is 344 g/mol. The highest BCUT2D eigenvalue weighted by Crippen LogP contribution is 2.30. The minimum Gasteiger partial charge on any atom is -0.479 e. The lowest BCUT2D eigenvalue weighted by molar-refractivity contribution is -0.144. The third kappa shape index (κ3) is 3.26. The molecule has 0 saturated carbocycles. The Balaban J connectivity index is 2.10. The molecule has 0 spiro atoms. The summed E-state index contributed by atoms with van der Waals surface area (Å²) in [4.78, 5) is 22.7. The van der Waals surface area contributed by atoms with Gasteiger partial charge in [-0.15, -0.1) is 0 Å². The largest absolute Gasteiger partial charge is 0.479 e. The number of benzene rings is 2. The lowest BCUT2D eigenvalue weighted by Crippen LogP contribution is -2.22. The smallest absolute Gasteiger partial charge is 0.344 e. The van der Waals surface area contributed by atoms with Gasteiger partial charge >= 0.3 is 11.6 Å². The predicted octanol–water partition coefficient (Wildman–Crippen LogP) is 3.97. The SMILES string of the molecule is C[C@H](Oc1ccc2c(-c3ccc(Cl)cc3)cc(=O)oc2c1)C(=O)O. The van der Waals surface area contributed by atoms with E-state index in [1.165, 1.54) is 19.1 Å². The van der Waals surface area contributed by atoms with Gasteiger partial charge in [-0.2, -0.15) is 0 Å². The molecule has 1 N–H and O–H groups in total. The quantitative estimate of drug-likeness (QED) is 0.725. The zero-order valence-corrected chi connectivity index (χ0v) is 13.4. The van der Waals surface area contributed by atoms with Gasteiger partial charge in [0.2, 0.25) is 0 Å². The molecule has 0 unspecified atom stereocenters. The molecule has 0 bridgehead atoms. The van der Waals surface area contributed by atoms with Crippen molar-refractivity contribution < 1.29 is 19.1 Å². The van der Waals surface area contributed by atoms with Crippen LogP contribution in [0.5, 0.6) is 5.75 Å². The van der Waals surface area contributed by atoms with Crippen molar-refractivity contribution in [3.8, 4) is 16.9 Å². The summed E-state index contributed by atoms with van der Waals surface area (Å²) in [5.41, 5.74) is 1.35. The second-order valence-corrected chi connectivity index (χ2v) is 5.68. The molecule has 0 aliphatic carbocycles. The summed E-state index contributed by atoms with van der Waals surface area (Å²) < 4.78 is 10.5. The molecule has 3 rings (SSSR count). The fourth-order valence-corrected chi connectivity index (χ4v) is 2.47. The predicted molar refractivity (Wildman–Crippen MR) is 90.7 cm³/mol. The molecule has 1 atom stereocenters. The average Bonchev–Trinajstić information content (AvgIpc) is 2.54. The number of ether oxygens (including phenoxy) is 1. The minimum absolute atomic E-state index is 0.314. The number of carboxylic acids is 1. The van der Waals surface area contributed by atoms with E-state index in [9.17, 15) is 9.59 Å². The maximum atomic E-state index is 11.9. The Bertz CT molecular complexity index is 959. The van der Waals surface area contributed by atoms with Crippen LogP contribution in [0.4, 0.5) is 0 Å². The average molecular weight is 345 g/mol. The van der Waals surface area contributed by atoms with E-state index >= 15 is 0 Å². The molecule has 5 nitrogen and oxygen atoms in total. The first-order valence-corrected chi connectivity index (χ1v) is 7.55. The third-order valence-corrected chi connectivity index (χ3v) is 3.78. The van der Waals surface area contributed by atoms with Crippen molar-refractivity contribution in [1.82, 2.24) is 0 Å². The van der Waals surface area contributed by atoms with Crippen molar-refractivity contribution >= 4 is 28.5 Å². The molecule has 1 heterocycles. The van der Waals surface area contributed by atoms with Gasteiger partial charge < -0.3 is 14.3 Å². The van der Waals surface area contributed by atoms with E-state index in [1.54, 1.807) is 24.3 Å². The molecule has 2 aromatic carbocycles. The molecule has 3 aromatic rings. The van der Waals surface area contributed by atoms with Crippen LogP contribution in [0.1, 0.15) is 6.92 Å². The number of carboxylic acid groups (broad SMARTS) is 1. The highest BCUT2D eigenvalue weighted by atomic mass is 35.5. The molecule has 0 aliphatic heterocycles. The first-order chi connectivity index (χ1) is 11.4. The van der Waals surface area contributed by atoms with Crippen LogP contribution in [0.25, 0.3) is 22.1 Å². The van der Waals surface area contributed by atoms with Crippen LogP contribution in [0, 0.1) is 0 Å². The lowest BCUT2D eigenvalue weighted by atomic mass is 10.0. The first-order valence-electron chi connectivity index (χ1n) is 7.17. The Morgan fingerprint density at radius 2 is 1.88 bits per heavy atom. The van der Waals surface area contributed by atoms with Gasteiger partial charge in [0.1, 0.15) is 11.3 Å². The summed E-state index contributed by atoms with van der Waals surface area (Å²) in [6, 6.07) is 13.4. The Hall–Kier alpha value is -2.79. The molecule has 0 aliphatic rings. The van der Waals surface area contributed by atoms with Crippen LogP contribution >= 0.6 is 11.6 Å². The topological polar surface area (TPSA) is 76.7 Å². The number of rotatable bonds is 4. The maximum Gasteiger partial charge on any atom is 0.344 e. The van der Waals surface area contributed by atoms with Gasteiger partial charge in [-0.05, 0) is 42.3 Å². The van der Waals surface area contributed by atoms with Crippen LogP contribution in [-0.2, 0) is 4.79 Å². The Morgan fingerprint density at radius 1 is 1.17 bits per heavy atom. The van der Waals surface area contributed by atoms with E-state index in [0.717, 1.165) is 5.56 Å². The van der Waals surface area contributed by atoms with Crippen LogP contribution < -0.4 is 10.4 Å². The Morgan fingerprint density at radius 3 is 2.54 bits per heavy atom. The van der Waals surface area contributed by atoms with E-state index in [1.807, 2.05) is 12.1 Å². The zero-order valence-electron chi connectivity index (χ0n) is 12.7. The Labute approximate surface area is 142 Å². The van der Waals surface area contributed by atoms with Gasteiger partial charge in [-0.25, -0.2) is 9.59 Å². The molecular formula is C18H13ClO5. The lowest BCUT2D eigenvalue weighted by Gasteiger charge is -2.11. The minimum atomic E-state index is -1.08. The summed E-state index contributed by atoms with van der Waals surface area (Å²) in [6.07, 6.45) is -1.01. The van der Waals surface area contributed by atoms with E-state index in [4.69, 9.17) is 25.9 Å². The summed E-state index contributed by atoms with van der Waals surface area (Å²) in [6.45, 7) is 1.42. The summed E-state index contributed by atoms with van der Waals surface area (Å²) >= 11 is 5.90. The second kappa shape index (κ2) is 6.37. The standard InChI is InChI=1S/C18H13ClO5/c1-10(18(21)22)23-13-6-7-14-15(9-17(20)24-16(14)8-13)11-2-4-12(19)5-3-11/h2-10H,1H3,(H,21,22)/t10-/m0/s1. The van der Waals surface area contributed by atoms with E-state index in [-0.39, 0.29) is 0 Å². The number of aliphatic carboxylic acids is 1. The van der Waals surface area contributed by atoms with Crippen LogP contribution in [0.2, 0.25) is 5.02 Å². The van der Waals surface area contributed by atoms with Crippen molar-refractivity contribution in [2.75, 3.05) is 0 Å². The molecule has 0 amide bonds. The molecule has 1 aromatic heterocycles. The highest BCUT2D eigenvalue weighted by Gasteiger charge is 2.14. The highest BCUT2D eigenvalue weighted by molar-refractivity contribution is 6.30. The number of fused-ring (bicyclic) bond motifs is 1. The second-order valence-electron chi connectivity index (χ2n) is 5.24. The molecule has 24 heavy (non-hydrogen) atoms. The zero-order chi connectivity index (χ0) is 17.3. The van der Waals surface area contributed by atoms with Crippen molar-refractivity contribution in [3.63, 3.8) is 0 Å². The number of hydrogen-bond acceptors (Lipinski definition) is 4. The maximum absolute atomic E-state index is 11.9. The summed E-state index contributed by atoms with van der Waals surface area (Å²) in [5, 5.41) is 10.2. The summed E-state index contributed by atoms with van der Waals surface area (Å²) in [5.74, 6) is -0.764. The summed E-state index contributed by atoms with van der Waals surface area (Å²) in [7, 11) is 0. The van der Waals surface area contributed by atoms with Crippen LogP contribution in [0.15, 0.2) is 57.7 Å². The van der Waals surface area contributed by atoms with Crippen molar-refractivity contribution in [2.45, 2.75) is 13.0 Å². The molecule has 0 fully saturated rings. The van der Waals surface area contributed by atoms with Crippen LogP contribution in [0.3, 0.4) is 0 Å². The van der Waals surface area contributed by atoms with E-state index in [2.05, 4.69) is 0 Å². The fourth-order valence-electron chi connectivity index (χ4n) is 2.34. The number of halogens is 1. The molecule has 0 radical (unpaired) electrons. The van der Waals surface area contributed by atoms with Gasteiger partial charge in [-0.3, -0.25) is 0 Å². The van der Waals surface area contributed by atoms with Crippen molar-refractivity contribution in [1.29, 1.82) is 0 Å². The van der Waals surface area contributed by atoms with Crippen molar-refractivity contribution in [2.24, 2.45) is 0 Å². The molecular weight excluding hydrogens is 332 g/mol. The van der Waals surface area contributed by atoms with Gasteiger partial charge in [0.25, 0.3) is 0 Å². The van der Waals surface area contributed by atoms with Crippen LogP contribution in [-0.4, -0.2) is 17.2 Å². The number of hydrogen-bond donors (Lipinski definition) is 1. The van der Waals surface area contributed by atoms with Crippen molar-refractivity contribution in [3.05, 3.63) is 64.0 Å². The first kappa shape index (κ1) is 16.1. The van der Waals surface area contributed by atoms with Gasteiger partial charge in [0.15, 0.2) is 6.10 Å². The molecule has 122 valence electrons. The van der Waals surface area contributed by atoms with Gasteiger partial charge in [-0.1, -0.05) is 23.7 Å².